The minimum atomic E-state index is -4.69. The van der Waals surface area contributed by atoms with Crippen LogP contribution in [0.15, 0.2) is 55.1 Å². The molecular formula is C19H17ClF3N3O2. The summed E-state index contributed by atoms with van der Waals surface area (Å²) in [6, 6.07) is 8.90. The standard InChI is InChI=1S/C19H17ClF3N3O2/c1-12(26-11-24-10-25-26)18(2,27)16-8-7-15(9-17(16)19(21,22)23)28-14-5-3-13(20)4-6-14/h3-12,27H,1-2H3. The third kappa shape index (κ3) is 4.13. The van der Waals surface area contributed by atoms with E-state index in [4.69, 9.17) is 16.3 Å². The topological polar surface area (TPSA) is 60.2 Å². The Labute approximate surface area is 164 Å². The molecule has 3 aromatic rings. The van der Waals surface area contributed by atoms with E-state index in [2.05, 4.69) is 10.1 Å². The van der Waals surface area contributed by atoms with Gasteiger partial charge in [0.15, 0.2) is 0 Å². The number of ether oxygens (including phenoxy) is 1. The van der Waals surface area contributed by atoms with E-state index < -0.39 is 23.4 Å². The summed E-state index contributed by atoms with van der Waals surface area (Å²) in [5.41, 5.74) is -3.14. The monoisotopic (exact) mass is 411 g/mol. The van der Waals surface area contributed by atoms with E-state index in [1.165, 1.54) is 36.4 Å². The van der Waals surface area contributed by atoms with Gasteiger partial charge >= 0.3 is 6.18 Å². The number of nitrogens with zero attached hydrogens (tertiary/aromatic N) is 3. The number of rotatable bonds is 5. The molecule has 0 radical (unpaired) electrons. The van der Waals surface area contributed by atoms with E-state index in [0.717, 1.165) is 6.07 Å². The fourth-order valence-electron chi connectivity index (χ4n) is 2.80. The van der Waals surface area contributed by atoms with E-state index in [9.17, 15) is 18.3 Å². The molecule has 0 fully saturated rings. The van der Waals surface area contributed by atoms with Gasteiger partial charge in [-0.2, -0.15) is 18.3 Å². The normalized spacial score (nSPS) is 15.1. The highest BCUT2D eigenvalue weighted by Crippen LogP contribution is 2.43. The number of halogens is 4. The minimum absolute atomic E-state index is 0.0115. The molecule has 0 saturated carbocycles. The minimum Gasteiger partial charge on any atom is -0.457 e. The number of hydrogen-bond donors (Lipinski definition) is 1. The number of aliphatic hydroxyl groups is 1. The molecular weight excluding hydrogens is 395 g/mol. The maximum Gasteiger partial charge on any atom is 0.416 e. The molecule has 3 rings (SSSR count). The highest BCUT2D eigenvalue weighted by atomic mass is 35.5. The second-order valence-corrected chi connectivity index (χ2v) is 6.90. The fraction of sp³-hybridized carbons (Fsp3) is 0.263. The summed E-state index contributed by atoms with van der Waals surface area (Å²) < 4.78 is 48.0. The van der Waals surface area contributed by atoms with Gasteiger partial charge in [0.2, 0.25) is 0 Å². The van der Waals surface area contributed by atoms with Crippen LogP contribution in [0.4, 0.5) is 13.2 Å². The first kappa shape index (κ1) is 20.2. The zero-order chi connectivity index (χ0) is 20.5. The molecule has 0 aliphatic heterocycles. The molecule has 0 aliphatic carbocycles. The molecule has 28 heavy (non-hydrogen) atoms. The van der Waals surface area contributed by atoms with Crippen LogP contribution in [0.2, 0.25) is 5.02 Å². The maximum atomic E-state index is 13.7. The number of alkyl halides is 3. The molecule has 0 aliphatic rings. The Bertz CT molecular complexity index is 942. The van der Waals surface area contributed by atoms with Crippen molar-refractivity contribution in [2.75, 3.05) is 0 Å². The molecule has 2 atom stereocenters. The molecule has 148 valence electrons. The molecule has 1 aromatic heterocycles. The van der Waals surface area contributed by atoms with Crippen LogP contribution in [0.25, 0.3) is 0 Å². The molecule has 1 N–H and O–H groups in total. The smallest absolute Gasteiger partial charge is 0.416 e. The van der Waals surface area contributed by atoms with Crippen molar-refractivity contribution >= 4 is 11.6 Å². The highest BCUT2D eigenvalue weighted by molar-refractivity contribution is 6.30. The van der Waals surface area contributed by atoms with E-state index >= 15 is 0 Å². The van der Waals surface area contributed by atoms with Crippen LogP contribution in [0.1, 0.15) is 31.0 Å². The highest BCUT2D eigenvalue weighted by Gasteiger charge is 2.42. The van der Waals surface area contributed by atoms with Crippen molar-refractivity contribution in [3.8, 4) is 11.5 Å². The van der Waals surface area contributed by atoms with Gasteiger partial charge in [0.05, 0.1) is 11.6 Å². The van der Waals surface area contributed by atoms with E-state index in [1.54, 1.807) is 31.2 Å². The lowest BCUT2D eigenvalue weighted by Gasteiger charge is -2.33. The fourth-order valence-corrected chi connectivity index (χ4v) is 2.93. The molecule has 0 amide bonds. The second kappa shape index (κ2) is 7.44. The first-order chi connectivity index (χ1) is 13.1. The van der Waals surface area contributed by atoms with Crippen LogP contribution < -0.4 is 4.74 Å². The molecule has 5 nitrogen and oxygen atoms in total. The Hall–Kier alpha value is -2.58. The van der Waals surface area contributed by atoms with E-state index in [0.29, 0.717) is 10.8 Å². The summed E-state index contributed by atoms with van der Waals surface area (Å²) in [6.45, 7) is 2.87. The summed E-state index contributed by atoms with van der Waals surface area (Å²) >= 11 is 5.80. The maximum absolute atomic E-state index is 13.7. The van der Waals surface area contributed by atoms with Gasteiger partial charge in [-0.25, -0.2) is 9.67 Å². The number of hydrogen-bond acceptors (Lipinski definition) is 4. The molecule has 0 bridgehead atoms. The number of benzene rings is 2. The Kier molecular flexibility index (Phi) is 5.36. The van der Waals surface area contributed by atoms with Gasteiger partial charge in [-0.1, -0.05) is 17.7 Å². The largest absolute Gasteiger partial charge is 0.457 e. The molecule has 1 heterocycles. The van der Waals surface area contributed by atoms with Crippen molar-refractivity contribution in [1.82, 2.24) is 14.8 Å². The first-order valence-electron chi connectivity index (χ1n) is 8.30. The van der Waals surface area contributed by atoms with Crippen molar-refractivity contribution in [3.05, 3.63) is 71.3 Å². The van der Waals surface area contributed by atoms with Crippen LogP contribution in [-0.4, -0.2) is 19.9 Å². The van der Waals surface area contributed by atoms with Crippen molar-refractivity contribution in [2.24, 2.45) is 0 Å². The molecule has 0 spiro atoms. The summed E-state index contributed by atoms with van der Waals surface area (Å²) in [6.07, 6.45) is -2.11. The lowest BCUT2D eigenvalue weighted by Crippen LogP contribution is -2.34. The lowest BCUT2D eigenvalue weighted by atomic mass is 9.85. The second-order valence-electron chi connectivity index (χ2n) is 6.46. The quantitative estimate of drug-likeness (QED) is 0.626. The van der Waals surface area contributed by atoms with Gasteiger partial charge in [0.25, 0.3) is 0 Å². The predicted octanol–water partition coefficient (Wildman–Crippen LogP) is 5.21. The zero-order valence-corrected chi connectivity index (χ0v) is 15.7. The summed E-state index contributed by atoms with van der Waals surface area (Å²) in [4.78, 5) is 3.78. The average Bonchev–Trinajstić information content (AvgIpc) is 3.16. The van der Waals surface area contributed by atoms with Crippen molar-refractivity contribution in [3.63, 3.8) is 0 Å². The van der Waals surface area contributed by atoms with Crippen LogP contribution in [-0.2, 0) is 11.8 Å². The Morgan fingerprint density at radius 3 is 2.29 bits per heavy atom. The summed E-state index contributed by atoms with van der Waals surface area (Å²) in [5.74, 6) is 0.329. The van der Waals surface area contributed by atoms with Gasteiger partial charge in [-0.3, -0.25) is 0 Å². The Balaban J connectivity index is 2.00. The third-order valence-corrected chi connectivity index (χ3v) is 4.79. The van der Waals surface area contributed by atoms with Crippen LogP contribution in [0.5, 0.6) is 11.5 Å². The molecule has 2 unspecified atom stereocenters. The Morgan fingerprint density at radius 2 is 1.71 bits per heavy atom. The van der Waals surface area contributed by atoms with Crippen LogP contribution >= 0.6 is 11.6 Å². The average molecular weight is 412 g/mol. The van der Waals surface area contributed by atoms with Gasteiger partial charge in [-0.15, -0.1) is 0 Å². The summed E-state index contributed by atoms with van der Waals surface area (Å²) in [5, 5.41) is 15.3. The summed E-state index contributed by atoms with van der Waals surface area (Å²) in [7, 11) is 0. The number of aromatic nitrogens is 3. The van der Waals surface area contributed by atoms with E-state index in [1.807, 2.05) is 0 Å². The third-order valence-electron chi connectivity index (χ3n) is 4.54. The molecule has 2 aromatic carbocycles. The SMILES string of the molecule is CC(n1cncn1)C(C)(O)c1ccc(Oc2ccc(Cl)cc2)cc1C(F)(F)F. The van der Waals surface area contributed by atoms with Crippen LogP contribution in [0, 0.1) is 0 Å². The lowest BCUT2D eigenvalue weighted by molar-refractivity contribution is -0.141. The van der Waals surface area contributed by atoms with Crippen molar-refractivity contribution in [1.29, 1.82) is 0 Å². The molecule has 9 heteroatoms. The molecule has 0 saturated heterocycles. The van der Waals surface area contributed by atoms with E-state index in [-0.39, 0.29) is 11.3 Å². The first-order valence-corrected chi connectivity index (χ1v) is 8.68. The van der Waals surface area contributed by atoms with Gasteiger partial charge in [0.1, 0.15) is 29.8 Å². The van der Waals surface area contributed by atoms with Crippen LogP contribution in [0.3, 0.4) is 0 Å². The van der Waals surface area contributed by atoms with Gasteiger partial charge < -0.3 is 9.84 Å². The Morgan fingerprint density at radius 1 is 1.07 bits per heavy atom. The van der Waals surface area contributed by atoms with Crippen molar-refractivity contribution in [2.45, 2.75) is 31.7 Å². The van der Waals surface area contributed by atoms with Gasteiger partial charge in [-0.05, 0) is 55.8 Å². The van der Waals surface area contributed by atoms with Gasteiger partial charge in [0, 0.05) is 5.02 Å². The predicted molar refractivity (Wildman–Crippen MR) is 97.3 cm³/mol. The van der Waals surface area contributed by atoms with Crippen molar-refractivity contribution < 1.29 is 23.0 Å². The zero-order valence-electron chi connectivity index (χ0n) is 15.0.